The van der Waals surface area contributed by atoms with E-state index in [0.717, 1.165) is 54.8 Å². The molecular weight excluding hydrogens is 379 g/mol. The summed E-state index contributed by atoms with van der Waals surface area (Å²) in [6.45, 7) is 8.03. The lowest BCUT2D eigenvalue weighted by molar-refractivity contribution is 0.0766. The van der Waals surface area contributed by atoms with E-state index in [1.165, 1.54) is 23.4 Å². The summed E-state index contributed by atoms with van der Waals surface area (Å²) in [7, 11) is 2.05. The fraction of sp³-hybridized carbons (Fsp3) is 0.375. The first-order chi connectivity index (χ1) is 14.5. The largest absolute Gasteiger partial charge is 0.379 e. The number of aryl methyl sites for hydroxylation is 2. The van der Waals surface area contributed by atoms with Gasteiger partial charge in [-0.3, -0.25) is 4.79 Å². The van der Waals surface area contributed by atoms with Crippen molar-refractivity contribution in [2.75, 3.05) is 31.5 Å². The fourth-order valence-corrected chi connectivity index (χ4v) is 4.19. The molecule has 6 heteroatoms. The zero-order chi connectivity index (χ0) is 21.3. The van der Waals surface area contributed by atoms with E-state index < -0.39 is 0 Å². The first kappa shape index (κ1) is 20.4. The van der Waals surface area contributed by atoms with Gasteiger partial charge >= 0.3 is 0 Å². The molecule has 5 nitrogen and oxygen atoms in total. The van der Waals surface area contributed by atoms with Crippen LogP contribution in [0, 0.1) is 19.7 Å². The van der Waals surface area contributed by atoms with Crippen LogP contribution in [0.4, 0.5) is 10.1 Å². The Kier molecular flexibility index (Phi) is 5.77. The molecule has 1 fully saturated rings. The predicted molar refractivity (Wildman–Crippen MR) is 120 cm³/mol. The van der Waals surface area contributed by atoms with Crippen molar-refractivity contribution in [3.8, 4) is 0 Å². The van der Waals surface area contributed by atoms with Crippen LogP contribution in [-0.4, -0.2) is 41.6 Å². The highest BCUT2D eigenvalue weighted by Gasteiger charge is 2.21. The number of anilines is 1. The second-order valence-electron chi connectivity index (χ2n) is 8.07. The number of amides is 1. The number of halogens is 1. The number of benzene rings is 2. The molecule has 0 bridgehead atoms. The van der Waals surface area contributed by atoms with Crippen molar-refractivity contribution in [3.05, 3.63) is 64.6 Å². The van der Waals surface area contributed by atoms with Crippen LogP contribution in [-0.2, 0) is 13.6 Å². The monoisotopic (exact) mass is 408 g/mol. The highest BCUT2D eigenvalue weighted by atomic mass is 19.1. The van der Waals surface area contributed by atoms with Crippen molar-refractivity contribution in [2.45, 2.75) is 26.8 Å². The molecule has 1 amide bonds. The van der Waals surface area contributed by atoms with Gasteiger partial charge in [0, 0.05) is 49.9 Å². The molecule has 2 heterocycles. The Bertz CT molecular complexity index is 1060. The van der Waals surface area contributed by atoms with Crippen LogP contribution in [0.2, 0.25) is 0 Å². The third-order valence-corrected chi connectivity index (χ3v) is 6.17. The number of hydrogen-bond acceptors (Lipinski definition) is 3. The van der Waals surface area contributed by atoms with Gasteiger partial charge in [0.15, 0.2) is 0 Å². The van der Waals surface area contributed by atoms with E-state index in [0.29, 0.717) is 12.1 Å². The summed E-state index contributed by atoms with van der Waals surface area (Å²) in [6, 6.07) is 10.5. The summed E-state index contributed by atoms with van der Waals surface area (Å²) >= 11 is 0. The van der Waals surface area contributed by atoms with Crippen molar-refractivity contribution >= 4 is 22.5 Å². The number of carbonyl (C=O) groups excluding carboxylic acids is 1. The van der Waals surface area contributed by atoms with Gasteiger partial charge in [-0.05, 0) is 62.2 Å². The van der Waals surface area contributed by atoms with Gasteiger partial charge in [-0.2, -0.15) is 0 Å². The Balaban J connectivity index is 1.72. The van der Waals surface area contributed by atoms with Crippen LogP contribution in [0.15, 0.2) is 36.4 Å². The fourth-order valence-electron chi connectivity index (χ4n) is 4.19. The first-order valence-corrected chi connectivity index (χ1v) is 10.5. The molecule has 1 aromatic heterocycles. The highest BCUT2D eigenvalue weighted by molar-refractivity contribution is 6.04. The molecule has 0 radical (unpaired) electrons. The van der Waals surface area contributed by atoms with Gasteiger partial charge in [-0.1, -0.05) is 12.1 Å². The van der Waals surface area contributed by atoms with Crippen LogP contribution in [0.5, 0.6) is 0 Å². The Labute approximate surface area is 176 Å². The van der Waals surface area contributed by atoms with Crippen molar-refractivity contribution in [1.29, 1.82) is 0 Å². The number of nitrogens with one attached hydrogen (secondary N) is 2. The van der Waals surface area contributed by atoms with Gasteiger partial charge in [0.05, 0.1) is 11.2 Å². The molecule has 0 atom stereocenters. The number of fused-ring (bicyclic) bond motifs is 1. The second-order valence-corrected chi connectivity index (χ2v) is 8.07. The van der Waals surface area contributed by atoms with Gasteiger partial charge in [0.1, 0.15) is 5.82 Å². The number of carbonyl (C=O) groups is 1. The van der Waals surface area contributed by atoms with Gasteiger partial charge in [-0.25, -0.2) is 4.39 Å². The normalized spacial score (nSPS) is 14.7. The molecule has 0 spiro atoms. The molecule has 1 aliphatic heterocycles. The summed E-state index contributed by atoms with van der Waals surface area (Å²) in [4.78, 5) is 15.2. The minimum Gasteiger partial charge on any atom is -0.379 e. The van der Waals surface area contributed by atoms with E-state index in [9.17, 15) is 9.18 Å². The van der Waals surface area contributed by atoms with E-state index in [4.69, 9.17) is 0 Å². The number of hydrogen-bond donors (Lipinski definition) is 2. The van der Waals surface area contributed by atoms with E-state index in [-0.39, 0.29) is 11.7 Å². The van der Waals surface area contributed by atoms with Crippen molar-refractivity contribution < 1.29 is 9.18 Å². The Hall–Kier alpha value is -2.86. The van der Waals surface area contributed by atoms with Gasteiger partial charge in [0.25, 0.3) is 5.91 Å². The first-order valence-electron chi connectivity index (χ1n) is 10.5. The molecule has 1 aliphatic rings. The Morgan fingerprint density at radius 3 is 2.67 bits per heavy atom. The summed E-state index contributed by atoms with van der Waals surface area (Å²) in [6.07, 6.45) is 0.965. The quantitative estimate of drug-likeness (QED) is 0.687. The molecule has 4 rings (SSSR count). The topological polar surface area (TPSA) is 49.3 Å². The summed E-state index contributed by atoms with van der Waals surface area (Å²) < 4.78 is 15.4. The van der Waals surface area contributed by atoms with E-state index in [2.05, 4.69) is 36.1 Å². The lowest BCUT2D eigenvalue weighted by atomic mass is 10.1. The average molecular weight is 409 g/mol. The standard InChI is InChI=1S/C24H29FN4O/c1-16-17(2)28(3)23-21(16)13-19(24(30)29-11-4-9-26-10-12-29)14-22(23)27-15-18-5-7-20(25)8-6-18/h5-8,13-14,26-27H,4,9-12,15H2,1-3H3. The third-order valence-electron chi connectivity index (χ3n) is 6.17. The molecule has 30 heavy (non-hydrogen) atoms. The Morgan fingerprint density at radius 1 is 1.13 bits per heavy atom. The van der Waals surface area contributed by atoms with Crippen LogP contribution in [0.25, 0.3) is 10.9 Å². The minimum atomic E-state index is -0.241. The molecule has 1 saturated heterocycles. The van der Waals surface area contributed by atoms with Crippen molar-refractivity contribution in [2.24, 2.45) is 7.05 Å². The Morgan fingerprint density at radius 2 is 1.90 bits per heavy atom. The smallest absolute Gasteiger partial charge is 0.253 e. The molecule has 158 valence electrons. The summed E-state index contributed by atoms with van der Waals surface area (Å²) in [5.41, 5.74) is 6.07. The van der Waals surface area contributed by atoms with E-state index in [1.807, 2.05) is 17.0 Å². The highest BCUT2D eigenvalue weighted by Crippen LogP contribution is 2.32. The maximum atomic E-state index is 13.3. The van der Waals surface area contributed by atoms with Gasteiger partial charge in [0.2, 0.25) is 0 Å². The molecule has 2 N–H and O–H groups in total. The van der Waals surface area contributed by atoms with Crippen LogP contribution in [0.1, 0.15) is 33.6 Å². The lowest BCUT2D eigenvalue weighted by Crippen LogP contribution is -2.34. The van der Waals surface area contributed by atoms with Gasteiger partial charge in [-0.15, -0.1) is 0 Å². The molecule has 0 unspecified atom stereocenters. The molecule has 2 aromatic carbocycles. The van der Waals surface area contributed by atoms with E-state index in [1.54, 1.807) is 12.1 Å². The van der Waals surface area contributed by atoms with E-state index >= 15 is 0 Å². The van der Waals surface area contributed by atoms with Crippen LogP contribution in [0.3, 0.4) is 0 Å². The zero-order valence-corrected chi connectivity index (χ0v) is 17.9. The van der Waals surface area contributed by atoms with Gasteiger partial charge < -0.3 is 20.1 Å². The SMILES string of the molecule is Cc1c(C)n(C)c2c(NCc3ccc(F)cc3)cc(C(=O)N3CCCNCC3)cc12. The predicted octanol–water partition coefficient (Wildman–Crippen LogP) is 3.98. The molecule has 0 aliphatic carbocycles. The van der Waals surface area contributed by atoms with Crippen LogP contribution < -0.4 is 10.6 Å². The van der Waals surface area contributed by atoms with Crippen LogP contribution >= 0.6 is 0 Å². The summed E-state index contributed by atoms with van der Waals surface area (Å²) in [5.74, 6) is -0.166. The number of aromatic nitrogens is 1. The maximum absolute atomic E-state index is 13.3. The third kappa shape index (κ3) is 3.92. The average Bonchev–Trinajstić information content (AvgIpc) is 2.96. The minimum absolute atomic E-state index is 0.0753. The zero-order valence-electron chi connectivity index (χ0n) is 17.9. The van der Waals surface area contributed by atoms with Crippen molar-refractivity contribution in [3.63, 3.8) is 0 Å². The lowest BCUT2D eigenvalue weighted by Gasteiger charge is -2.21. The molecule has 0 saturated carbocycles. The second kappa shape index (κ2) is 8.48. The molecule has 3 aromatic rings. The summed E-state index contributed by atoms with van der Waals surface area (Å²) in [5, 5.41) is 7.93. The maximum Gasteiger partial charge on any atom is 0.253 e. The number of nitrogens with zero attached hydrogens (tertiary/aromatic N) is 2. The molecular formula is C24H29FN4O. The number of rotatable bonds is 4. The van der Waals surface area contributed by atoms with Crippen molar-refractivity contribution in [1.82, 2.24) is 14.8 Å².